The first-order chi connectivity index (χ1) is 11.6. The fourth-order valence-electron chi connectivity index (χ4n) is 1.82. The maximum atomic E-state index is 10.7. The van der Waals surface area contributed by atoms with Crippen molar-refractivity contribution in [1.82, 2.24) is 0 Å². The monoisotopic (exact) mass is 367 g/mol. The summed E-state index contributed by atoms with van der Waals surface area (Å²) in [5, 5.41) is 0. The Balaban J connectivity index is 0.000000333. The molecule has 1 aromatic carbocycles. The van der Waals surface area contributed by atoms with Gasteiger partial charge in [-0.3, -0.25) is 0 Å². The zero-order valence-corrected chi connectivity index (χ0v) is 13.5. The molecular formula is C17H12F3NO3S. The number of hydrogen-bond acceptors (Lipinski definition) is 3. The van der Waals surface area contributed by atoms with Gasteiger partial charge in [0.2, 0.25) is 12.2 Å². The minimum atomic E-state index is -6.09. The fraction of sp³-hybridized carbons (Fsp3) is 0.118. The molecule has 4 nitrogen and oxygen atoms in total. The highest BCUT2D eigenvalue weighted by molar-refractivity contribution is 7.86. The summed E-state index contributed by atoms with van der Waals surface area (Å²) in [5.74, 6) is 5.34. The molecule has 1 heterocycles. The Bertz CT molecular complexity index is 909. The van der Waals surface area contributed by atoms with Gasteiger partial charge in [0.15, 0.2) is 16.3 Å². The summed E-state index contributed by atoms with van der Waals surface area (Å²) < 4.78 is 60.9. The summed E-state index contributed by atoms with van der Waals surface area (Å²) in [6.45, 7) is 0.514. The van der Waals surface area contributed by atoms with Gasteiger partial charge in [-0.1, -0.05) is 24.1 Å². The molecule has 130 valence electrons. The molecule has 25 heavy (non-hydrogen) atoms. The number of halogens is 3. The molecule has 0 fully saturated rings. The average Bonchev–Trinajstić information content (AvgIpc) is 2.54. The number of alkyl halides is 3. The zero-order chi connectivity index (χ0) is 19.1. The predicted molar refractivity (Wildman–Crippen MR) is 84.6 cm³/mol. The number of pyridine rings is 1. The normalized spacial score (nSPS) is 10.8. The second kappa shape index (κ2) is 8.34. The standard InChI is InChI=1S/C16H12N.CHF3O3S/c1-3-12-17-13-8-11-14(4-2)16(17)15-9-6-5-7-10-15;2-1(3,4)8(5,6)7/h1-2,5-11,13H,12H2;(H,5,6,7)/q+1;/p-1. The number of hydrogen-bond donors (Lipinski definition) is 0. The van der Waals surface area contributed by atoms with E-state index in [-0.39, 0.29) is 0 Å². The Labute approximate surface area is 143 Å². The topological polar surface area (TPSA) is 61.1 Å². The van der Waals surface area contributed by atoms with Gasteiger partial charge in [0.1, 0.15) is 0 Å². The molecule has 0 saturated heterocycles. The van der Waals surface area contributed by atoms with Gasteiger partial charge in [-0.2, -0.15) is 17.7 Å². The molecule has 0 radical (unpaired) electrons. The molecule has 1 aromatic heterocycles. The maximum Gasteiger partial charge on any atom is 0.485 e. The maximum absolute atomic E-state index is 10.7. The van der Waals surface area contributed by atoms with Crippen molar-refractivity contribution in [2.75, 3.05) is 0 Å². The molecule has 2 aromatic rings. The fourth-order valence-corrected chi connectivity index (χ4v) is 1.82. The van der Waals surface area contributed by atoms with Crippen LogP contribution < -0.4 is 4.57 Å². The van der Waals surface area contributed by atoms with Crippen LogP contribution in [0.4, 0.5) is 13.2 Å². The van der Waals surface area contributed by atoms with Gasteiger partial charge >= 0.3 is 5.51 Å². The van der Waals surface area contributed by atoms with Crippen LogP contribution >= 0.6 is 0 Å². The molecule has 0 spiro atoms. The van der Waals surface area contributed by atoms with Crippen LogP contribution in [-0.4, -0.2) is 18.5 Å². The van der Waals surface area contributed by atoms with E-state index in [9.17, 15) is 13.2 Å². The van der Waals surface area contributed by atoms with Gasteiger partial charge in [-0.25, -0.2) is 8.42 Å². The Hall–Kier alpha value is -2.81. The molecule has 2 rings (SSSR count). The van der Waals surface area contributed by atoms with E-state index in [0.717, 1.165) is 16.8 Å². The smallest absolute Gasteiger partial charge is 0.485 e. The van der Waals surface area contributed by atoms with Crippen molar-refractivity contribution in [1.29, 1.82) is 0 Å². The Morgan fingerprint density at radius 1 is 1.08 bits per heavy atom. The summed E-state index contributed by atoms with van der Waals surface area (Å²) in [5.41, 5.74) is -2.72. The van der Waals surface area contributed by atoms with Crippen LogP contribution in [-0.2, 0) is 16.7 Å². The van der Waals surface area contributed by atoms with Gasteiger partial charge in [0.05, 0.1) is 5.56 Å². The SMILES string of the molecule is C#CC[n+]1cccc(C#C)c1-c1ccccc1.O=S(=O)([O-])C(F)(F)F. The number of aromatic nitrogens is 1. The molecule has 0 aliphatic heterocycles. The molecule has 0 amide bonds. The second-order valence-electron chi connectivity index (χ2n) is 4.51. The summed E-state index contributed by atoms with van der Waals surface area (Å²) >= 11 is 0. The van der Waals surface area contributed by atoms with Crippen LogP contribution in [0, 0.1) is 24.7 Å². The molecule has 0 aliphatic carbocycles. The molecule has 0 atom stereocenters. The van der Waals surface area contributed by atoms with Crippen molar-refractivity contribution >= 4 is 10.1 Å². The third-order valence-electron chi connectivity index (χ3n) is 2.82. The number of benzene rings is 1. The minimum Gasteiger partial charge on any atom is -0.741 e. The molecule has 0 aliphatic rings. The van der Waals surface area contributed by atoms with Gasteiger partial charge in [-0.15, -0.1) is 12.8 Å². The van der Waals surface area contributed by atoms with Crippen molar-refractivity contribution in [3.8, 4) is 35.9 Å². The molecule has 0 saturated carbocycles. The Morgan fingerprint density at radius 3 is 2.08 bits per heavy atom. The van der Waals surface area contributed by atoms with Crippen LogP contribution in [0.15, 0.2) is 48.7 Å². The Morgan fingerprint density at radius 2 is 1.64 bits per heavy atom. The summed E-state index contributed by atoms with van der Waals surface area (Å²) in [4.78, 5) is 0. The number of rotatable bonds is 2. The third-order valence-corrected chi connectivity index (χ3v) is 3.39. The van der Waals surface area contributed by atoms with E-state index in [1.54, 1.807) is 0 Å². The van der Waals surface area contributed by atoms with Crippen LogP contribution in [0.25, 0.3) is 11.3 Å². The summed E-state index contributed by atoms with van der Waals surface area (Å²) in [6, 6.07) is 13.9. The molecule has 0 bridgehead atoms. The minimum absolute atomic E-state index is 0.514. The molecule has 0 unspecified atom stereocenters. The van der Waals surface area contributed by atoms with E-state index in [4.69, 9.17) is 25.8 Å². The highest BCUT2D eigenvalue weighted by atomic mass is 32.2. The first-order valence-corrected chi connectivity index (χ1v) is 8.02. The van der Waals surface area contributed by atoms with Gasteiger partial charge in [-0.05, 0) is 24.1 Å². The third kappa shape index (κ3) is 5.64. The number of nitrogens with zero attached hydrogens (tertiary/aromatic N) is 1. The zero-order valence-electron chi connectivity index (χ0n) is 12.7. The molecule has 0 N–H and O–H groups in total. The van der Waals surface area contributed by atoms with Gasteiger partial charge in [0, 0.05) is 11.6 Å². The number of terminal acetylenes is 2. The van der Waals surface area contributed by atoms with Gasteiger partial charge in [0.25, 0.3) is 0 Å². The molecule has 8 heteroatoms. The van der Waals surface area contributed by atoms with Crippen LogP contribution in [0.5, 0.6) is 0 Å². The van der Waals surface area contributed by atoms with Gasteiger partial charge < -0.3 is 4.55 Å². The summed E-state index contributed by atoms with van der Waals surface area (Å²) in [6.07, 6.45) is 12.9. The quantitative estimate of drug-likeness (QED) is 0.354. The first-order valence-electron chi connectivity index (χ1n) is 6.62. The van der Waals surface area contributed by atoms with Crippen LogP contribution in [0.1, 0.15) is 5.56 Å². The average molecular weight is 367 g/mol. The van der Waals surface area contributed by atoms with Crippen molar-refractivity contribution in [2.45, 2.75) is 12.1 Å². The lowest BCUT2D eigenvalue weighted by atomic mass is 10.1. The summed E-state index contributed by atoms with van der Waals surface area (Å²) in [7, 11) is -6.09. The van der Waals surface area contributed by atoms with E-state index in [0.29, 0.717) is 6.54 Å². The predicted octanol–water partition coefficient (Wildman–Crippen LogP) is 2.31. The van der Waals surface area contributed by atoms with E-state index < -0.39 is 15.6 Å². The van der Waals surface area contributed by atoms with E-state index in [1.165, 1.54) is 0 Å². The van der Waals surface area contributed by atoms with Crippen molar-refractivity contribution in [3.05, 3.63) is 54.2 Å². The lowest BCUT2D eigenvalue weighted by Crippen LogP contribution is -2.36. The van der Waals surface area contributed by atoms with E-state index in [2.05, 4.69) is 11.8 Å². The molecular weight excluding hydrogens is 355 g/mol. The van der Waals surface area contributed by atoms with Crippen LogP contribution in [0.2, 0.25) is 0 Å². The largest absolute Gasteiger partial charge is 0.741 e. The van der Waals surface area contributed by atoms with Crippen molar-refractivity contribution < 1.29 is 30.7 Å². The first kappa shape index (κ1) is 20.2. The van der Waals surface area contributed by atoms with E-state index in [1.807, 2.05) is 53.2 Å². The highest BCUT2D eigenvalue weighted by Gasteiger charge is 2.36. The van der Waals surface area contributed by atoms with Crippen molar-refractivity contribution in [2.24, 2.45) is 0 Å². The lowest BCUT2D eigenvalue weighted by molar-refractivity contribution is -0.674. The second-order valence-corrected chi connectivity index (χ2v) is 5.88. The van der Waals surface area contributed by atoms with Crippen LogP contribution in [0.3, 0.4) is 0 Å². The highest BCUT2D eigenvalue weighted by Crippen LogP contribution is 2.20. The Kier molecular flexibility index (Phi) is 6.75. The van der Waals surface area contributed by atoms with Crippen molar-refractivity contribution in [3.63, 3.8) is 0 Å². The van der Waals surface area contributed by atoms with E-state index >= 15 is 0 Å². The lowest BCUT2D eigenvalue weighted by Gasteiger charge is -2.08.